The van der Waals surface area contributed by atoms with Crippen LogP contribution in [0.4, 0.5) is 5.69 Å². The Morgan fingerprint density at radius 2 is 1.82 bits per heavy atom. The van der Waals surface area contributed by atoms with Crippen LogP contribution in [0.3, 0.4) is 0 Å². The standard InChI is InChI=1S/C19H29N3/c1-6-22(7-2)19(14(3)4)13-20-18-12-15(5)21-17-11-9-8-10-16(17)18/h8-12,14,19H,6-7,13H2,1-5H3,(H,20,21)/t19-/m0/s1. The second kappa shape index (κ2) is 7.59. The van der Waals surface area contributed by atoms with Crippen molar-refractivity contribution >= 4 is 16.6 Å². The van der Waals surface area contributed by atoms with Crippen LogP contribution in [0.25, 0.3) is 10.9 Å². The highest BCUT2D eigenvalue weighted by Gasteiger charge is 2.19. The van der Waals surface area contributed by atoms with E-state index in [0.29, 0.717) is 12.0 Å². The summed E-state index contributed by atoms with van der Waals surface area (Å²) in [7, 11) is 0. The van der Waals surface area contributed by atoms with Crippen molar-refractivity contribution in [3.63, 3.8) is 0 Å². The lowest BCUT2D eigenvalue weighted by Gasteiger charge is -2.33. The monoisotopic (exact) mass is 299 g/mol. The van der Waals surface area contributed by atoms with Gasteiger partial charge < -0.3 is 5.32 Å². The van der Waals surface area contributed by atoms with Crippen LogP contribution < -0.4 is 5.32 Å². The number of aryl methyl sites for hydroxylation is 1. The maximum Gasteiger partial charge on any atom is 0.0725 e. The van der Waals surface area contributed by atoms with Gasteiger partial charge in [0.25, 0.3) is 0 Å². The summed E-state index contributed by atoms with van der Waals surface area (Å²) < 4.78 is 0. The molecule has 1 heterocycles. The van der Waals surface area contributed by atoms with Crippen molar-refractivity contribution in [2.24, 2.45) is 5.92 Å². The molecule has 0 amide bonds. The summed E-state index contributed by atoms with van der Waals surface area (Å²) in [4.78, 5) is 7.15. The maximum absolute atomic E-state index is 4.62. The predicted octanol–water partition coefficient (Wildman–Crippen LogP) is 4.32. The fourth-order valence-electron chi connectivity index (χ4n) is 3.15. The summed E-state index contributed by atoms with van der Waals surface area (Å²) in [5, 5.41) is 4.88. The van der Waals surface area contributed by atoms with Crippen LogP contribution in [-0.4, -0.2) is 35.6 Å². The number of aromatic nitrogens is 1. The number of benzene rings is 1. The molecule has 0 unspecified atom stereocenters. The average molecular weight is 299 g/mol. The Hall–Kier alpha value is -1.61. The van der Waals surface area contributed by atoms with E-state index in [1.807, 2.05) is 6.07 Å². The summed E-state index contributed by atoms with van der Waals surface area (Å²) in [6.45, 7) is 14.3. The van der Waals surface area contributed by atoms with E-state index < -0.39 is 0 Å². The first kappa shape index (κ1) is 16.8. The second-order valence-electron chi connectivity index (χ2n) is 6.24. The molecule has 0 saturated carbocycles. The lowest BCUT2D eigenvalue weighted by molar-refractivity contribution is 0.180. The molecule has 0 spiro atoms. The molecule has 0 bridgehead atoms. The summed E-state index contributed by atoms with van der Waals surface area (Å²) in [5.74, 6) is 0.626. The van der Waals surface area contributed by atoms with Gasteiger partial charge in [-0.15, -0.1) is 0 Å². The highest BCUT2D eigenvalue weighted by Crippen LogP contribution is 2.23. The van der Waals surface area contributed by atoms with Gasteiger partial charge in [-0.3, -0.25) is 9.88 Å². The number of nitrogens with one attached hydrogen (secondary N) is 1. The number of pyridine rings is 1. The van der Waals surface area contributed by atoms with Crippen molar-refractivity contribution in [1.29, 1.82) is 0 Å². The van der Waals surface area contributed by atoms with Gasteiger partial charge in [0, 0.05) is 29.4 Å². The molecule has 0 saturated heterocycles. The zero-order valence-electron chi connectivity index (χ0n) is 14.6. The number of rotatable bonds is 7. The molecule has 120 valence electrons. The van der Waals surface area contributed by atoms with Gasteiger partial charge in [0.15, 0.2) is 0 Å². The lowest BCUT2D eigenvalue weighted by atomic mass is 10.0. The number of hydrogen-bond acceptors (Lipinski definition) is 3. The Kier molecular flexibility index (Phi) is 5.78. The molecule has 1 N–H and O–H groups in total. The molecular formula is C19H29N3. The molecule has 3 nitrogen and oxygen atoms in total. The Morgan fingerprint density at radius 3 is 2.45 bits per heavy atom. The van der Waals surface area contributed by atoms with E-state index in [1.54, 1.807) is 0 Å². The van der Waals surface area contributed by atoms with Crippen LogP contribution in [0, 0.1) is 12.8 Å². The first-order valence-corrected chi connectivity index (χ1v) is 8.41. The van der Waals surface area contributed by atoms with Gasteiger partial charge in [0.2, 0.25) is 0 Å². The van der Waals surface area contributed by atoms with Crippen LogP contribution in [0.2, 0.25) is 0 Å². The summed E-state index contributed by atoms with van der Waals surface area (Å²) >= 11 is 0. The molecule has 0 fully saturated rings. The molecule has 1 aromatic heterocycles. The molecule has 1 aromatic carbocycles. The highest BCUT2D eigenvalue weighted by atomic mass is 15.2. The summed E-state index contributed by atoms with van der Waals surface area (Å²) in [5.41, 5.74) is 3.32. The highest BCUT2D eigenvalue weighted by molar-refractivity contribution is 5.91. The van der Waals surface area contributed by atoms with Gasteiger partial charge in [-0.1, -0.05) is 45.9 Å². The fraction of sp³-hybridized carbons (Fsp3) is 0.526. The van der Waals surface area contributed by atoms with Crippen LogP contribution in [0.1, 0.15) is 33.4 Å². The number of anilines is 1. The van der Waals surface area contributed by atoms with Crippen molar-refractivity contribution in [1.82, 2.24) is 9.88 Å². The van der Waals surface area contributed by atoms with E-state index >= 15 is 0 Å². The number of likely N-dealkylation sites (N-methyl/N-ethyl adjacent to an activating group) is 1. The number of hydrogen-bond donors (Lipinski definition) is 1. The lowest BCUT2D eigenvalue weighted by Crippen LogP contribution is -2.43. The molecule has 2 aromatic rings. The minimum atomic E-state index is 0.544. The minimum Gasteiger partial charge on any atom is -0.383 e. The molecular weight excluding hydrogens is 270 g/mol. The van der Waals surface area contributed by atoms with E-state index in [0.717, 1.165) is 30.8 Å². The Bertz CT molecular complexity index is 603. The molecule has 2 rings (SSSR count). The SMILES string of the molecule is CCN(CC)[C@@H](CNc1cc(C)nc2ccccc12)C(C)C. The number of nitrogens with zero attached hydrogens (tertiary/aromatic N) is 2. The van der Waals surface area contributed by atoms with E-state index in [1.165, 1.54) is 11.1 Å². The first-order valence-electron chi connectivity index (χ1n) is 8.41. The minimum absolute atomic E-state index is 0.544. The maximum atomic E-state index is 4.62. The Labute approximate surface area is 134 Å². The van der Waals surface area contributed by atoms with Gasteiger partial charge in [-0.25, -0.2) is 0 Å². The third-order valence-corrected chi connectivity index (χ3v) is 4.40. The molecule has 0 aliphatic heterocycles. The third kappa shape index (κ3) is 3.77. The van der Waals surface area contributed by atoms with E-state index in [-0.39, 0.29) is 0 Å². The van der Waals surface area contributed by atoms with E-state index in [4.69, 9.17) is 0 Å². The van der Waals surface area contributed by atoms with Crippen molar-refractivity contribution in [2.45, 2.75) is 40.7 Å². The third-order valence-electron chi connectivity index (χ3n) is 4.40. The van der Waals surface area contributed by atoms with Gasteiger partial charge in [0.1, 0.15) is 0 Å². The molecule has 22 heavy (non-hydrogen) atoms. The quantitative estimate of drug-likeness (QED) is 0.825. The van der Waals surface area contributed by atoms with Crippen molar-refractivity contribution in [3.05, 3.63) is 36.0 Å². The van der Waals surface area contributed by atoms with Crippen molar-refractivity contribution in [3.8, 4) is 0 Å². The Morgan fingerprint density at radius 1 is 1.14 bits per heavy atom. The topological polar surface area (TPSA) is 28.2 Å². The van der Waals surface area contributed by atoms with Crippen LogP contribution in [0.5, 0.6) is 0 Å². The molecule has 0 radical (unpaired) electrons. The van der Waals surface area contributed by atoms with Crippen LogP contribution in [0.15, 0.2) is 30.3 Å². The molecule has 0 aliphatic carbocycles. The summed E-state index contributed by atoms with van der Waals surface area (Å²) in [6, 6.07) is 11.0. The molecule has 0 aliphatic rings. The first-order chi connectivity index (χ1) is 10.6. The normalized spacial score (nSPS) is 13.0. The van der Waals surface area contributed by atoms with Gasteiger partial charge in [0.05, 0.1) is 5.52 Å². The predicted molar refractivity (Wildman–Crippen MR) is 96.5 cm³/mol. The van der Waals surface area contributed by atoms with Crippen LogP contribution >= 0.6 is 0 Å². The Balaban J connectivity index is 2.23. The molecule has 1 atom stereocenters. The van der Waals surface area contributed by atoms with Gasteiger partial charge >= 0.3 is 0 Å². The summed E-state index contributed by atoms with van der Waals surface area (Å²) in [6.07, 6.45) is 0. The number of fused-ring (bicyclic) bond motifs is 1. The average Bonchev–Trinajstić information content (AvgIpc) is 2.50. The fourth-order valence-corrected chi connectivity index (χ4v) is 3.15. The van der Waals surface area contributed by atoms with Gasteiger partial charge in [-0.05, 0) is 38.1 Å². The zero-order chi connectivity index (χ0) is 16.1. The van der Waals surface area contributed by atoms with Gasteiger partial charge in [-0.2, -0.15) is 0 Å². The largest absolute Gasteiger partial charge is 0.383 e. The molecule has 3 heteroatoms. The van der Waals surface area contributed by atoms with Crippen LogP contribution in [-0.2, 0) is 0 Å². The second-order valence-corrected chi connectivity index (χ2v) is 6.24. The van der Waals surface area contributed by atoms with Crippen molar-refractivity contribution < 1.29 is 0 Å². The zero-order valence-corrected chi connectivity index (χ0v) is 14.6. The van der Waals surface area contributed by atoms with E-state index in [9.17, 15) is 0 Å². The smallest absolute Gasteiger partial charge is 0.0725 e. The van der Waals surface area contributed by atoms with Crippen molar-refractivity contribution in [2.75, 3.05) is 25.0 Å². The van der Waals surface area contributed by atoms with E-state index in [2.05, 4.69) is 74.1 Å². The number of para-hydroxylation sites is 1.